The predicted octanol–water partition coefficient (Wildman–Crippen LogP) is 3.15. The molecule has 0 saturated carbocycles. The first-order valence-electron chi connectivity index (χ1n) is 5.61. The lowest BCUT2D eigenvalue weighted by Crippen LogP contribution is -1.85. The molecular weight excluding hydrogens is 248 g/mol. The van der Waals surface area contributed by atoms with Crippen LogP contribution in [0.15, 0.2) is 48.8 Å². The van der Waals surface area contributed by atoms with E-state index in [1.807, 2.05) is 47.1 Å². The maximum Gasteiger partial charge on any atom is 0.137 e. The highest BCUT2D eigenvalue weighted by atomic mass is 35.5. The van der Waals surface area contributed by atoms with Gasteiger partial charge in [0.1, 0.15) is 5.65 Å². The van der Waals surface area contributed by atoms with E-state index in [9.17, 15) is 0 Å². The van der Waals surface area contributed by atoms with E-state index in [2.05, 4.69) is 4.98 Å². The fourth-order valence-electron chi connectivity index (χ4n) is 1.93. The third-order valence-corrected chi connectivity index (χ3v) is 3.17. The Kier molecular flexibility index (Phi) is 2.78. The number of halogens is 1. The van der Waals surface area contributed by atoms with Crippen LogP contribution in [0.5, 0.6) is 0 Å². The van der Waals surface area contributed by atoms with Crippen molar-refractivity contribution in [1.29, 1.82) is 0 Å². The van der Waals surface area contributed by atoms with Gasteiger partial charge in [0.05, 0.1) is 17.3 Å². The van der Waals surface area contributed by atoms with Crippen LogP contribution in [0.4, 0.5) is 0 Å². The lowest BCUT2D eigenvalue weighted by Gasteiger charge is -2.02. The van der Waals surface area contributed by atoms with Crippen LogP contribution >= 0.6 is 11.6 Å². The van der Waals surface area contributed by atoms with Gasteiger partial charge in [-0.25, -0.2) is 4.98 Å². The molecule has 1 N–H and O–H groups in total. The monoisotopic (exact) mass is 258 g/mol. The molecule has 0 fully saturated rings. The minimum atomic E-state index is -0.00876. The summed E-state index contributed by atoms with van der Waals surface area (Å²) in [4.78, 5) is 4.52. The van der Waals surface area contributed by atoms with Crippen LogP contribution in [-0.2, 0) is 6.61 Å². The average molecular weight is 259 g/mol. The number of hydrogen-bond donors (Lipinski definition) is 1. The van der Waals surface area contributed by atoms with Crippen LogP contribution in [-0.4, -0.2) is 14.5 Å². The maximum atomic E-state index is 9.06. The van der Waals surface area contributed by atoms with Gasteiger partial charge in [-0.1, -0.05) is 29.8 Å². The van der Waals surface area contributed by atoms with Crippen LogP contribution in [0.25, 0.3) is 16.9 Å². The molecule has 0 aliphatic carbocycles. The van der Waals surface area contributed by atoms with Crippen molar-refractivity contribution in [3.8, 4) is 11.3 Å². The van der Waals surface area contributed by atoms with E-state index in [-0.39, 0.29) is 6.61 Å². The minimum Gasteiger partial charge on any atom is -0.392 e. The molecule has 3 rings (SSSR count). The summed E-state index contributed by atoms with van der Waals surface area (Å²) in [6.07, 6.45) is 3.89. The van der Waals surface area contributed by atoms with Gasteiger partial charge in [0.15, 0.2) is 0 Å². The van der Waals surface area contributed by atoms with Crippen molar-refractivity contribution >= 4 is 17.2 Å². The summed E-state index contributed by atoms with van der Waals surface area (Å²) >= 11 is 6.21. The van der Waals surface area contributed by atoms with Gasteiger partial charge in [-0.2, -0.15) is 0 Å². The Labute approximate surface area is 109 Å². The second-order valence-corrected chi connectivity index (χ2v) is 4.47. The van der Waals surface area contributed by atoms with Gasteiger partial charge >= 0.3 is 0 Å². The van der Waals surface area contributed by atoms with E-state index in [1.165, 1.54) is 0 Å². The number of rotatable bonds is 2. The molecule has 2 aromatic heterocycles. The molecular formula is C14H11ClN2O. The highest BCUT2D eigenvalue weighted by Crippen LogP contribution is 2.28. The quantitative estimate of drug-likeness (QED) is 0.767. The minimum absolute atomic E-state index is 0.00876. The molecule has 0 aliphatic heterocycles. The Morgan fingerprint density at radius 2 is 2.11 bits per heavy atom. The molecule has 18 heavy (non-hydrogen) atoms. The molecule has 0 amide bonds. The van der Waals surface area contributed by atoms with Gasteiger partial charge < -0.3 is 9.51 Å². The summed E-state index contributed by atoms with van der Waals surface area (Å²) in [5, 5.41) is 9.66. The lowest BCUT2D eigenvalue weighted by atomic mass is 10.1. The van der Waals surface area contributed by atoms with Crippen molar-refractivity contribution < 1.29 is 5.11 Å². The molecule has 4 heteroatoms. The van der Waals surface area contributed by atoms with E-state index in [4.69, 9.17) is 16.7 Å². The summed E-state index contributed by atoms with van der Waals surface area (Å²) in [7, 11) is 0. The Morgan fingerprint density at radius 1 is 1.22 bits per heavy atom. The highest BCUT2D eigenvalue weighted by Gasteiger charge is 2.08. The van der Waals surface area contributed by atoms with Gasteiger partial charge in [-0.05, 0) is 23.8 Å². The fourth-order valence-corrected chi connectivity index (χ4v) is 2.23. The van der Waals surface area contributed by atoms with Gasteiger partial charge in [-0.15, -0.1) is 0 Å². The summed E-state index contributed by atoms with van der Waals surface area (Å²) in [5.41, 5.74) is 3.38. The molecule has 1 aromatic carbocycles. The number of nitrogens with zero attached hydrogens (tertiary/aromatic N) is 2. The molecule has 0 saturated heterocycles. The Balaban J connectivity index is 2.14. The maximum absolute atomic E-state index is 9.06. The molecule has 0 bridgehead atoms. The third-order valence-electron chi connectivity index (χ3n) is 2.86. The second-order valence-electron chi connectivity index (χ2n) is 4.06. The average Bonchev–Trinajstić information content (AvgIpc) is 2.81. The number of aromatic nitrogens is 2. The number of imidazole rings is 1. The van der Waals surface area contributed by atoms with E-state index in [1.54, 1.807) is 6.07 Å². The van der Waals surface area contributed by atoms with E-state index in [0.29, 0.717) is 5.02 Å². The van der Waals surface area contributed by atoms with E-state index in [0.717, 1.165) is 22.5 Å². The number of aliphatic hydroxyl groups is 1. The summed E-state index contributed by atoms with van der Waals surface area (Å²) in [5.74, 6) is 0. The number of benzene rings is 1. The van der Waals surface area contributed by atoms with Crippen molar-refractivity contribution in [3.63, 3.8) is 0 Å². The van der Waals surface area contributed by atoms with Gasteiger partial charge in [0.2, 0.25) is 0 Å². The number of fused-ring (bicyclic) bond motifs is 1. The largest absolute Gasteiger partial charge is 0.392 e. The second kappa shape index (κ2) is 4.44. The smallest absolute Gasteiger partial charge is 0.137 e. The number of aliphatic hydroxyl groups excluding tert-OH is 1. The lowest BCUT2D eigenvalue weighted by molar-refractivity contribution is 0.282. The molecule has 0 radical (unpaired) electrons. The van der Waals surface area contributed by atoms with Crippen molar-refractivity contribution in [2.75, 3.05) is 0 Å². The predicted molar refractivity (Wildman–Crippen MR) is 71.6 cm³/mol. The normalized spacial score (nSPS) is 11.0. The zero-order chi connectivity index (χ0) is 12.5. The van der Waals surface area contributed by atoms with Crippen LogP contribution in [0.3, 0.4) is 0 Å². The van der Waals surface area contributed by atoms with Gasteiger partial charge in [0.25, 0.3) is 0 Å². The fraction of sp³-hybridized carbons (Fsp3) is 0.0714. The molecule has 0 atom stereocenters. The van der Waals surface area contributed by atoms with Crippen molar-refractivity contribution in [1.82, 2.24) is 9.38 Å². The van der Waals surface area contributed by atoms with Gasteiger partial charge in [-0.3, -0.25) is 0 Å². The van der Waals surface area contributed by atoms with Crippen molar-refractivity contribution in [2.24, 2.45) is 0 Å². The molecule has 2 heterocycles. The Morgan fingerprint density at radius 3 is 2.83 bits per heavy atom. The van der Waals surface area contributed by atoms with E-state index < -0.39 is 0 Å². The molecule has 0 unspecified atom stereocenters. The molecule has 0 spiro atoms. The Bertz CT molecular complexity index is 673. The molecule has 3 aromatic rings. The zero-order valence-corrected chi connectivity index (χ0v) is 10.3. The van der Waals surface area contributed by atoms with Crippen molar-refractivity contribution in [3.05, 3.63) is 59.4 Å². The van der Waals surface area contributed by atoms with Crippen LogP contribution < -0.4 is 0 Å². The highest BCUT2D eigenvalue weighted by molar-refractivity contribution is 6.33. The molecule has 0 aliphatic rings. The molecule has 3 nitrogen and oxygen atoms in total. The first-order valence-corrected chi connectivity index (χ1v) is 5.99. The van der Waals surface area contributed by atoms with Crippen LogP contribution in [0.2, 0.25) is 5.02 Å². The van der Waals surface area contributed by atoms with Gasteiger partial charge in [0, 0.05) is 18.0 Å². The van der Waals surface area contributed by atoms with Crippen LogP contribution in [0.1, 0.15) is 5.56 Å². The van der Waals surface area contributed by atoms with E-state index >= 15 is 0 Å². The summed E-state index contributed by atoms with van der Waals surface area (Å²) in [6.45, 7) is -0.00876. The summed E-state index contributed by atoms with van der Waals surface area (Å²) in [6, 6.07) is 11.3. The first kappa shape index (κ1) is 11.3. The summed E-state index contributed by atoms with van der Waals surface area (Å²) < 4.78 is 1.95. The number of pyridine rings is 1. The molecule has 90 valence electrons. The SMILES string of the molecule is OCc1ccc(-c2cn3ccccc3n2)c(Cl)c1. The van der Waals surface area contributed by atoms with Crippen LogP contribution in [0, 0.1) is 0 Å². The topological polar surface area (TPSA) is 37.5 Å². The number of hydrogen-bond acceptors (Lipinski definition) is 2. The third kappa shape index (κ3) is 1.88. The Hall–Kier alpha value is -1.84. The first-order chi connectivity index (χ1) is 8.78. The van der Waals surface area contributed by atoms with Crippen molar-refractivity contribution in [2.45, 2.75) is 6.61 Å². The standard InChI is InChI=1S/C14H11ClN2O/c15-12-7-10(9-18)4-5-11(12)13-8-17-6-2-1-3-14(17)16-13/h1-8,18H,9H2. The zero-order valence-electron chi connectivity index (χ0n) is 9.55.